The van der Waals surface area contributed by atoms with E-state index in [1.165, 1.54) is 0 Å². The molecule has 0 aliphatic carbocycles. The molecule has 0 aliphatic rings. The Balaban J connectivity index is 2.33. The molecule has 16 heavy (non-hydrogen) atoms. The van der Waals surface area contributed by atoms with Gasteiger partial charge in [-0.2, -0.15) is 0 Å². The molecule has 2 N–H and O–H groups in total. The maximum atomic E-state index is 8.90. The van der Waals surface area contributed by atoms with Gasteiger partial charge >= 0.3 is 0 Å². The Labute approximate surface area is 102 Å². The van der Waals surface area contributed by atoms with Crippen LogP contribution in [0.4, 0.5) is 0 Å². The summed E-state index contributed by atoms with van der Waals surface area (Å²) < 4.78 is 5.66. The van der Waals surface area contributed by atoms with Gasteiger partial charge in [-0.3, -0.25) is 0 Å². The van der Waals surface area contributed by atoms with Crippen LogP contribution in [0.15, 0.2) is 16.5 Å². The maximum absolute atomic E-state index is 8.90. The quantitative estimate of drug-likeness (QED) is 0.772. The van der Waals surface area contributed by atoms with Crippen LogP contribution in [0.1, 0.15) is 32.3 Å². The highest BCUT2D eigenvalue weighted by molar-refractivity contribution is 7.99. The molecule has 3 nitrogen and oxygen atoms in total. The molecule has 1 heterocycles. The van der Waals surface area contributed by atoms with Crippen LogP contribution in [0, 0.1) is 0 Å². The third-order valence-electron chi connectivity index (χ3n) is 2.17. The van der Waals surface area contributed by atoms with Crippen molar-refractivity contribution in [2.24, 2.45) is 0 Å². The van der Waals surface area contributed by atoms with Gasteiger partial charge in [0.1, 0.15) is 11.5 Å². The van der Waals surface area contributed by atoms with Crippen molar-refractivity contribution in [2.75, 3.05) is 6.61 Å². The lowest BCUT2D eigenvalue weighted by Crippen LogP contribution is -2.21. The van der Waals surface area contributed by atoms with Crippen molar-refractivity contribution in [3.05, 3.63) is 23.7 Å². The zero-order valence-corrected chi connectivity index (χ0v) is 11.0. The van der Waals surface area contributed by atoms with E-state index >= 15 is 0 Å². The van der Waals surface area contributed by atoms with E-state index in [4.69, 9.17) is 9.52 Å². The Morgan fingerprint density at radius 3 is 2.62 bits per heavy atom. The van der Waals surface area contributed by atoms with Gasteiger partial charge in [-0.25, -0.2) is 0 Å². The van der Waals surface area contributed by atoms with E-state index in [2.05, 4.69) is 19.2 Å². The molecule has 0 aliphatic heterocycles. The number of thioether (sulfide) groups is 1. The zero-order chi connectivity index (χ0) is 12.0. The molecule has 0 spiro atoms. The molecule has 1 unspecified atom stereocenters. The number of aliphatic hydroxyl groups excluding tert-OH is 1. The fourth-order valence-corrected chi connectivity index (χ4v) is 1.89. The largest absolute Gasteiger partial charge is 0.464 e. The predicted molar refractivity (Wildman–Crippen MR) is 68.5 cm³/mol. The highest BCUT2D eigenvalue weighted by atomic mass is 32.2. The van der Waals surface area contributed by atoms with Gasteiger partial charge in [-0.15, -0.1) is 11.8 Å². The van der Waals surface area contributed by atoms with Gasteiger partial charge in [-0.05, 0) is 12.1 Å². The minimum Gasteiger partial charge on any atom is -0.464 e. The molecule has 0 bridgehead atoms. The van der Waals surface area contributed by atoms with E-state index < -0.39 is 0 Å². The number of rotatable bonds is 7. The molecule has 0 amide bonds. The fraction of sp³-hybridized carbons (Fsp3) is 0.667. The fourth-order valence-electron chi connectivity index (χ4n) is 1.18. The first-order valence-electron chi connectivity index (χ1n) is 5.65. The van der Waals surface area contributed by atoms with Crippen molar-refractivity contribution in [1.82, 2.24) is 5.32 Å². The molecular formula is C12H21NO2S. The molecule has 0 radical (unpaired) electrons. The molecule has 92 valence electrons. The van der Waals surface area contributed by atoms with E-state index in [1.54, 1.807) is 11.8 Å². The maximum Gasteiger partial charge on any atom is 0.118 e. The second-order valence-electron chi connectivity index (χ2n) is 4.21. The first-order chi connectivity index (χ1) is 7.61. The Kier molecular flexibility index (Phi) is 5.95. The van der Waals surface area contributed by atoms with Crippen LogP contribution in [0.25, 0.3) is 0 Å². The van der Waals surface area contributed by atoms with Gasteiger partial charge in [-0.1, -0.05) is 20.8 Å². The molecule has 0 saturated carbocycles. The van der Waals surface area contributed by atoms with E-state index in [0.29, 0.717) is 6.04 Å². The van der Waals surface area contributed by atoms with Crippen LogP contribution < -0.4 is 5.32 Å². The summed E-state index contributed by atoms with van der Waals surface area (Å²) in [4.78, 5) is 0. The van der Waals surface area contributed by atoms with E-state index in [-0.39, 0.29) is 11.9 Å². The molecule has 4 heteroatoms. The lowest BCUT2D eigenvalue weighted by Gasteiger charge is -2.06. The number of nitrogens with one attached hydrogen (secondary N) is 1. The van der Waals surface area contributed by atoms with Gasteiger partial charge in [0.2, 0.25) is 0 Å². The minimum atomic E-state index is 0.215. The summed E-state index contributed by atoms with van der Waals surface area (Å²) >= 11 is 1.70. The molecule has 0 fully saturated rings. The molecule has 0 aromatic carbocycles. The van der Waals surface area contributed by atoms with Gasteiger partial charge < -0.3 is 14.8 Å². The second kappa shape index (κ2) is 6.99. The summed E-state index contributed by atoms with van der Waals surface area (Å²) in [5.74, 6) is 2.77. The average Bonchev–Trinajstić information content (AvgIpc) is 2.71. The monoisotopic (exact) mass is 243 g/mol. The van der Waals surface area contributed by atoms with Crippen molar-refractivity contribution < 1.29 is 9.52 Å². The summed E-state index contributed by atoms with van der Waals surface area (Å²) in [6.45, 7) is 7.23. The highest BCUT2D eigenvalue weighted by Gasteiger charge is 2.05. The minimum absolute atomic E-state index is 0.215. The topological polar surface area (TPSA) is 45.4 Å². The van der Waals surface area contributed by atoms with Gasteiger partial charge in [0.15, 0.2) is 0 Å². The lowest BCUT2D eigenvalue weighted by atomic mass is 10.3. The average molecular weight is 243 g/mol. The van der Waals surface area contributed by atoms with Crippen LogP contribution in [-0.4, -0.2) is 23.0 Å². The molecule has 1 atom stereocenters. The smallest absolute Gasteiger partial charge is 0.118 e. The Hall–Kier alpha value is -0.450. The van der Waals surface area contributed by atoms with Crippen molar-refractivity contribution in [3.8, 4) is 0 Å². The molecule has 0 saturated heterocycles. The van der Waals surface area contributed by atoms with Gasteiger partial charge in [0, 0.05) is 11.3 Å². The normalized spacial score (nSPS) is 13.3. The van der Waals surface area contributed by atoms with Crippen LogP contribution in [0.5, 0.6) is 0 Å². The Bertz CT molecular complexity index is 299. The van der Waals surface area contributed by atoms with Crippen molar-refractivity contribution >= 4 is 11.8 Å². The van der Waals surface area contributed by atoms with Gasteiger partial charge in [0.25, 0.3) is 0 Å². The molecule has 1 rings (SSSR count). The predicted octanol–water partition coefficient (Wildman–Crippen LogP) is 2.39. The first kappa shape index (κ1) is 13.6. The third-order valence-corrected chi connectivity index (χ3v) is 3.34. The first-order valence-corrected chi connectivity index (χ1v) is 6.70. The van der Waals surface area contributed by atoms with Gasteiger partial charge in [0.05, 0.1) is 18.9 Å². The lowest BCUT2D eigenvalue weighted by molar-refractivity contribution is 0.300. The second-order valence-corrected chi connectivity index (χ2v) is 5.63. The van der Waals surface area contributed by atoms with Crippen LogP contribution in [0.2, 0.25) is 0 Å². The number of furan rings is 1. The summed E-state index contributed by atoms with van der Waals surface area (Å²) in [6.07, 6.45) is 0. The molecule has 1 aromatic rings. The highest BCUT2D eigenvalue weighted by Crippen LogP contribution is 2.19. The Morgan fingerprint density at radius 2 is 2.00 bits per heavy atom. The van der Waals surface area contributed by atoms with Crippen molar-refractivity contribution in [2.45, 2.75) is 44.4 Å². The summed E-state index contributed by atoms with van der Waals surface area (Å²) in [5.41, 5.74) is 0. The summed E-state index contributed by atoms with van der Waals surface area (Å²) in [6, 6.07) is 4.49. The van der Waals surface area contributed by atoms with Crippen LogP contribution >= 0.6 is 11.8 Å². The number of hydrogen-bond acceptors (Lipinski definition) is 4. The van der Waals surface area contributed by atoms with E-state index in [1.807, 2.05) is 19.1 Å². The van der Waals surface area contributed by atoms with Crippen molar-refractivity contribution in [3.63, 3.8) is 0 Å². The van der Waals surface area contributed by atoms with Crippen LogP contribution in [-0.2, 0) is 12.3 Å². The van der Waals surface area contributed by atoms with Crippen LogP contribution in [0.3, 0.4) is 0 Å². The van der Waals surface area contributed by atoms with E-state index in [0.717, 1.165) is 23.8 Å². The Morgan fingerprint density at radius 1 is 1.31 bits per heavy atom. The molecule has 1 aromatic heterocycles. The third kappa shape index (κ3) is 5.05. The van der Waals surface area contributed by atoms with Crippen molar-refractivity contribution in [1.29, 1.82) is 0 Å². The molecular weight excluding hydrogens is 222 g/mol. The zero-order valence-electron chi connectivity index (χ0n) is 10.2. The number of aliphatic hydroxyl groups is 1. The summed E-state index contributed by atoms with van der Waals surface area (Å²) in [7, 11) is 0. The van der Waals surface area contributed by atoms with E-state index in [9.17, 15) is 0 Å². The number of hydrogen-bond donors (Lipinski definition) is 2. The SMILES string of the molecule is CC(C)NCc1ccc(CSC(C)CO)o1. The summed E-state index contributed by atoms with van der Waals surface area (Å²) in [5, 5.41) is 12.5. The standard InChI is InChI=1S/C12H21NO2S/c1-9(2)13-6-11-4-5-12(15-11)8-16-10(3)7-14/h4-5,9-10,13-14H,6-8H2,1-3H3.